The largest absolute Gasteiger partial charge is 0.507 e. The predicted octanol–water partition coefficient (Wildman–Crippen LogP) is 3.62. The topological polar surface area (TPSA) is 85.2 Å². The highest BCUT2D eigenvalue weighted by molar-refractivity contribution is 5.91. The number of amides is 1. The first kappa shape index (κ1) is 22.1. The van der Waals surface area contributed by atoms with Crippen LogP contribution in [0.5, 0.6) is 5.75 Å². The van der Waals surface area contributed by atoms with E-state index in [4.69, 9.17) is 0 Å². The van der Waals surface area contributed by atoms with Crippen molar-refractivity contribution in [3.63, 3.8) is 0 Å². The van der Waals surface area contributed by atoms with Crippen LogP contribution in [0.25, 0.3) is 0 Å². The molecule has 0 saturated heterocycles. The molecule has 0 radical (unpaired) electrons. The second-order valence-electron chi connectivity index (χ2n) is 7.06. The Balaban J connectivity index is 1.83. The number of benzene rings is 3. The third kappa shape index (κ3) is 4.75. The number of rotatable bonds is 8. The van der Waals surface area contributed by atoms with E-state index in [9.17, 15) is 15.0 Å². The summed E-state index contributed by atoms with van der Waals surface area (Å²) in [5, 5.41) is 25.7. The zero-order valence-electron chi connectivity index (χ0n) is 17.7. The quantitative estimate of drug-likeness (QED) is 0.386. The van der Waals surface area contributed by atoms with Crippen LogP contribution in [0.2, 0.25) is 0 Å². The summed E-state index contributed by atoms with van der Waals surface area (Å²) >= 11 is 0. The van der Waals surface area contributed by atoms with Crippen LogP contribution in [0, 0.1) is 0 Å². The van der Waals surface area contributed by atoms with Gasteiger partial charge in [-0.3, -0.25) is 4.79 Å². The number of nitrogens with one attached hydrogen (secondary N) is 1. The van der Waals surface area contributed by atoms with E-state index in [1.807, 2.05) is 32.0 Å². The Labute approximate surface area is 182 Å². The summed E-state index contributed by atoms with van der Waals surface area (Å²) in [7, 11) is 0. The Hall–Kier alpha value is -3.64. The van der Waals surface area contributed by atoms with Gasteiger partial charge >= 0.3 is 0 Å². The second kappa shape index (κ2) is 9.91. The summed E-state index contributed by atoms with van der Waals surface area (Å²) in [5.41, 5.74) is 2.73. The molecule has 160 valence electrons. The van der Waals surface area contributed by atoms with Crippen LogP contribution in [-0.2, 0) is 10.4 Å². The molecule has 6 nitrogen and oxygen atoms in total. The maximum Gasteiger partial charge on any atom is 0.281 e. The van der Waals surface area contributed by atoms with E-state index in [2.05, 4.69) is 15.4 Å². The van der Waals surface area contributed by atoms with E-state index in [-0.39, 0.29) is 5.75 Å². The molecule has 0 aliphatic rings. The lowest BCUT2D eigenvalue weighted by Gasteiger charge is -2.27. The molecule has 0 fully saturated rings. The SMILES string of the molecule is CCN(CC)c1ccc(/C=N/NC(=O)C(O)(c2ccccc2)c2ccccc2)c(O)c1. The van der Waals surface area contributed by atoms with Crippen molar-refractivity contribution in [1.29, 1.82) is 0 Å². The van der Waals surface area contributed by atoms with Gasteiger partial charge < -0.3 is 15.1 Å². The molecule has 3 aromatic rings. The highest BCUT2D eigenvalue weighted by atomic mass is 16.3. The molecule has 0 bridgehead atoms. The van der Waals surface area contributed by atoms with E-state index >= 15 is 0 Å². The second-order valence-corrected chi connectivity index (χ2v) is 7.06. The Morgan fingerprint density at radius 1 is 0.968 bits per heavy atom. The van der Waals surface area contributed by atoms with Crippen molar-refractivity contribution in [2.24, 2.45) is 5.10 Å². The van der Waals surface area contributed by atoms with E-state index in [0.29, 0.717) is 16.7 Å². The molecule has 31 heavy (non-hydrogen) atoms. The Kier molecular flexibility index (Phi) is 7.05. The fourth-order valence-electron chi connectivity index (χ4n) is 3.46. The fraction of sp³-hybridized carbons (Fsp3) is 0.200. The van der Waals surface area contributed by atoms with Gasteiger partial charge in [0.1, 0.15) is 5.75 Å². The van der Waals surface area contributed by atoms with Crippen molar-refractivity contribution in [1.82, 2.24) is 5.43 Å². The molecule has 0 saturated carbocycles. The molecular weight excluding hydrogens is 390 g/mol. The van der Waals surface area contributed by atoms with Crippen LogP contribution >= 0.6 is 0 Å². The molecule has 6 heteroatoms. The summed E-state index contributed by atoms with van der Waals surface area (Å²) in [6, 6.07) is 22.7. The molecule has 0 aliphatic heterocycles. The first-order valence-electron chi connectivity index (χ1n) is 10.3. The van der Waals surface area contributed by atoms with Gasteiger partial charge in [-0.25, -0.2) is 5.43 Å². The lowest BCUT2D eigenvalue weighted by molar-refractivity contribution is -0.136. The standard InChI is InChI=1S/C25H27N3O3/c1-3-28(4-2)22-16-15-19(23(29)17-22)18-26-27-24(30)25(31,20-11-7-5-8-12-20)21-13-9-6-10-14-21/h5-18,29,31H,3-4H2,1-2H3,(H,27,30)/b26-18+. The highest BCUT2D eigenvalue weighted by Crippen LogP contribution is 2.30. The number of hydrogen-bond donors (Lipinski definition) is 3. The zero-order valence-corrected chi connectivity index (χ0v) is 17.7. The number of anilines is 1. The minimum atomic E-state index is -1.91. The fourth-order valence-corrected chi connectivity index (χ4v) is 3.46. The van der Waals surface area contributed by atoms with Crippen LogP contribution in [0.3, 0.4) is 0 Å². The van der Waals surface area contributed by atoms with E-state index in [1.165, 1.54) is 6.21 Å². The Morgan fingerprint density at radius 2 is 1.52 bits per heavy atom. The summed E-state index contributed by atoms with van der Waals surface area (Å²) in [6.45, 7) is 5.76. The molecule has 0 unspecified atom stereocenters. The van der Waals surface area contributed by atoms with E-state index < -0.39 is 11.5 Å². The third-order valence-corrected chi connectivity index (χ3v) is 5.22. The minimum absolute atomic E-state index is 0.0591. The highest BCUT2D eigenvalue weighted by Gasteiger charge is 2.39. The van der Waals surface area contributed by atoms with Crippen LogP contribution in [0.15, 0.2) is 84.0 Å². The molecule has 0 spiro atoms. The van der Waals surface area contributed by atoms with Crippen molar-refractivity contribution in [3.8, 4) is 5.75 Å². The summed E-state index contributed by atoms with van der Waals surface area (Å²) in [6.07, 6.45) is 1.36. The van der Waals surface area contributed by atoms with E-state index in [1.54, 1.807) is 60.7 Å². The van der Waals surface area contributed by atoms with Crippen molar-refractivity contribution in [3.05, 3.63) is 95.6 Å². The maximum absolute atomic E-state index is 13.0. The number of hydrazone groups is 1. The summed E-state index contributed by atoms with van der Waals surface area (Å²) in [5.74, 6) is -0.635. The maximum atomic E-state index is 13.0. The monoisotopic (exact) mass is 417 g/mol. The number of hydrogen-bond acceptors (Lipinski definition) is 5. The number of phenolic OH excluding ortho intramolecular Hbond substituents is 1. The molecule has 0 aliphatic carbocycles. The smallest absolute Gasteiger partial charge is 0.281 e. The number of carbonyl (C=O) groups is 1. The molecule has 0 aromatic heterocycles. The van der Waals surface area contributed by atoms with Gasteiger partial charge in [0.05, 0.1) is 6.21 Å². The van der Waals surface area contributed by atoms with Crippen molar-refractivity contribution >= 4 is 17.8 Å². The van der Waals surface area contributed by atoms with Crippen LogP contribution in [-0.4, -0.2) is 35.4 Å². The molecular formula is C25H27N3O3. The van der Waals surface area contributed by atoms with Crippen molar-refractivity contribution < 1.29 is 15.0 Å². The van der Waals surface area contributed by atoms with Gasteiger partial charge in [-0.05, 0) is 37.1 Å². The zero-order chi connectivity index (χ0) is 22.3. The average molecular weight is 418 g/mol. The van der Waals surface area contributed by atoms with Gasteiger partial charge in [-0.1, -0.05) is 60.7 Å². The number of nitrogens with zero attached hydrogens (tertiary/aromatic N) is 2. The average Bonchev–Trinajstić information content (AvgIpc) is 2.81. The van der Waals surface area contributed by atoms with E-state index in [0.717, 1.165) is 18.8 Å². The van der Waals surface area contributed by atoms with Gasteiger partial charge in [0, 0.05) is 30.4 Å². The van der Waals surface area contributed by atoms with Gasteiger partial charge in [-0.2, -0.15) is 5.10 Å². The molecule has 3 aromatic carbocycles. The van der Waals surface area contributed by atoms with Gasteiger partial charge in [-0.15, -0.1) is 0 Å². The Bertz CT molecular complexity index is 993. The summed E-state index contributed by atoms with van der Waals surface area (Å²) < 4.78 is 0. The van der Waals surface area contributed by atoms with Gasteiger partial charge in [0.2, 0.25) is 0 Å². The van der Waals surface area contributed by atoms with Gasteiger partial charge in [0.15, 0.2) is 5.60 Å². The number of phenols is 1. The first-order valence-corrected chi connectivity index (χ1v) is 10.3. The molecule has 1 amide bonds. The lowest BCUT2D eigenvalue weighted by Crippen LogP contribution is -2.43. The van der Waals surface area contributed by atoms with Crippen molar-refractivity contribution in [2.45, 2.75) is 19.4 Å². The van der Waals surface area contributed by atoms with Gasteiger partial charge in [0.25, 0.3) is 5.91 Å². The van der Waals surface area contributed by atoms with Crippen LogP contribution < -0.4 is 10.3 Å². The molecule has 3 rings (SSSR count). The number of carbonyl (C=O) groups excluding carboxylic acids is 1. The lowest BCUT2D eigenvalue weighted by atomic mass is 9.85. The first-order chi connectivity index (χ1) is 15.0. The third-order valence-electron chi connectivity index (χ3n) is 5.22. The van der Waals surface area contributed by atoms with Crippen molar-refractivity contribution in [2.75, 3.05) is 18.0 Å². The molecule has 0 atom stereocenters. The Morgan fingerprint density at radius 3 is 2.00 bits per heavy atom. The van der Waals surface area contributed by atoms with Crippen LogP contribution in [0.4, 0.5) is 5.69 Å². The predicted molar refractivity (Wildman–Crippen MR) is 123 cm³/mol. The number of aromatic hydroxyl groups is 1. The molecule has 0 heterocycles. The number of aliphatic hydroxyl groups is 1. The molecule has 3 N–H and O–H groups in total. The normalized spacial score (nSPS) is 11.5. The van der Waals surface area contributed by atoms with Crippen LogP contribution in [0.1, 0.15) is 30.5 Å². The minimum Gasteiger partial charge on any atom is -0.507 e. The summed E-state index contributed by atoms with van der Waals surface area (Å²) in [4.78, 5) is 15.1.